The summed E-state index contributed by atoms with van der Waals surface area (Å²) in [5.74, 6) is -0.691. The molecule has 1 aromatic rings. The summed E-state index contributed by atoms with van der Waals surface area (Å²) >= 11 is 0. The fraction of sp³-hybridized carbons (Fsp3) is 0.462. The standard InChI is InChI=1S/C13H18N4O4/c1-16(8-10-7-15-4-5-21-10)12-3-2-9(17(19)20)6-11(12)13(14)18/h2-3,6,10,15H,4-5,7-8H2,1H3,(H2,14,18). The molecule has 1 unspecified atom stereocenters. The number of nitro benzene ring substituents is 1. The highest BCUT2D eigenvalue weighted by Crippen LogP contribution is 2.25. The summed E-state index contributed by atoms with van der Waals surface area (Å²) in [6.07, 6.45) is -0.000307. The highest BCUT2D eigenvalue weighted by atomic mass is 16.6. The Balaban J connectivity index is 2.20. The molecule has 1 heterocycles. The van der Waals surface area contributed by atoms with Gasteiger partial charge in [0.05, 0.1) is 23.2 Å². The zero-order valence-corrected chi connectivity index (χ0v) is 11.7. The fourth-order valence-corrected chi connectivity index (χ4v) is 2.31. The second-order valence-electron chi connectivity index (χ2n) is 4.90. The van der Waals surface area contributed by atoms with Crippen molar-refractivity contribution in [3.8, 4) is 0 Å². The summed E-state index contributed by atoms with van der Waals surface area (Å²) in [7, 11) is 1.80. The van der Waals surface area contributed by atoms with Crippen molar-refractivity contribution in [1.29, 1.82) is 0 Å². The molecule has 21 heavy (non-hydrogen) atoms. The van der Waals surface area contributed by atoms with Crippen molar-refractivity contribution in [2.45, 2.75) is 6.10 Å². The zero-order valence-electron chi connectivity index (χ0n) is 11.7. The maximum atomic E-state index is 11.5. The molecule has 0 aromatic heterocycles. The van der Waals surface area contributed by atoms with Crippen molar-refractivity contribution in [3.63, 3.8) is 0 Å². The third-order valence-electron chi connectivity index (χ3n) is 3.35. The number of carbonyl (C=O) groups is 1. The Labute approximate surface area is 122 Å². The lowest BCUT2D eigenvalue weighted by atomic mass is 10.1. The predicted octanol–water partition coefficient (Wildman–Crippen LogP) is 0.118. The lowest BCUT2D eigenvalue weighted by Gasteiger charge is -2.29. The first-order valence-corrected chi connectivity index (χ1v) is 6.60. The first-order chi connectivity index (χ1) is 9.99. The molecule has 3 N–H and O–H groups in total. The number of hydrogen-bond acceptors (Lipinski definition) is 6. The number of non-ortho nitro benzene ring substituents is 1. The molecule has 114 valence electrons. The SMILES string of the molecule is CN(CC1CNCCO1)c1ccc([N+](=O)[O-])cc1C(N)=O. The molecular weight excluding hydrogens is 276 g/mol. The number of likely N-dealkylation sites (N-methyl/N-ethyl adjacent to an activating group) is 1. The van der Waals surface area contributed by atoms with Crippen LogP contribution in [0.3, 0.4) is 0 Å². The summed E-state index contributed by atoms with van der Waals surface area (Å²) in [6.45, 7) is 2.75. The van der Waals surface area contributed by atoms with E-state index in [0.29, 0.717) is 18.8 Å². The Kier molecular flexibility index (Phi) is 4.71. The smallest absolute Gasteiger partial charge is 0.270 e. The lowest BCUT2D eigenvalue weighted by Crippen LogP contribution is -2.44. The number of anilines is 1. The van der Waals surface area contributed by atoms with Crippen LogP contribution < -0.4 is 16.0 Å². The molecule has 8 nitrogen and oxygen atoms in total. The normalized spacial score (nSPS) is 18.2. The average Bonchev–Trinajstić information content (AvgIpc) is 2.47. The molecule has 2 rings (SSSR count). The Morgan fingerprint density at radius 1 is 1.62 bits per heavy atom. The summed E-state index contributed by atoms with van der Waals surface area (Å²) < 4.78 is 5.60. The van der Waals surface area contributed by atoms with Crippen molar-refractivity contribution < 1.29 is 14.5 Å². The average molecular weight is 294 g/mol. The number of nitro groups is 1. The van der Waals surface area contributed by atoms with Gasteiger partial charge in [-0.3, -0.25) is 14.9 Å². The van der Waals surface area contributed by atoms with Crippen LogP contribution in [0.4, 0.5) is 11.4 Å². The van der Waals surface area contributed by atoms with Gasteiger partial charge in [0.15, 0.2) is 0 Å². The third kappa shape index (κ3) is 3.67. The van der Waals surface area contributed by atoms with Crippen LogP contribution in [0.2, 0.25) is 0 Å². The van der Waals surface area contributed by atoms with Crippen LogP contribution in [-0.2, 0) is 4.74 Å². The van der Waals surface area contributed by atoms with E-state index in [-0.39, 0.29) is 17.4 Å². The van der Waals surface area contributed by atoms with Crippen molar-refractivity contribution >= 4 is 17.3 Å². The van der Waals surface area contributed by atoms with E-state index < -0.39 is 10.8 Å². The van der Waals surface area contributed by atoms with Gasteiger partial charge in [0.1, 0.15) is 0 Å². The second kappa shape index (κ2) is 6.51. The van der Waals surface area contributed by atoms with Gasteiger partial charge in [-0.05, 0) is 6.07 Å². The first kappa shape index (κ1) is 15.2. The Morgan fingerprint density at radius 3 is 2.95 bits per heavy atom. The van der Waals surface area contributed by atoms with E-state index in [9.17, 15) is 14.9 Å². The monoisotopic (exact) mass is 294 g/mol. The van der Waals surface area contributed by atoms with Crippen LogP contribution in [0.1, 0.15) is 10.4 Å². The Hall–Kier alpha value is -2.19. The number of hydrogen-bond donors (Lipinski definition) is 2. The molecular formula is C13H18N4O4. The number of nitrogens with two attached hydrogens (primary N) is 1. The summed E-state index contributed by atoms with van der Waals surface area (Å²) in [5, 5.41) is 14.0. The van der Waals surface area contributed by atoms with Crippen LogP contribution >= 0.6 is 0 Å². The number of ether oxygens (including phenoxy) is 1. The number of nitrogens with zero attached hydrogens (tertiary/aromatic N) is 2. The van der Waals surface area contributed by atoms with Gasteiger partial charge in [0, 0.05) is 44.5 Å². The largest absolute Gasteiger partial charge is 0.374 e. The zero-order chi connectivity index (χ0) is 15.4. The molecule has 8 heteroatoms. The highest BCUT2D eigenvalue weighted by Gasteiger charge is 2.20. The number of amides is 1. The molecule has 0 saturated carbocycles. The molecule has 0 spiro atoms. The number of rotatable bonds is 5. The highest BCUT2D eigenvalue weighted by molar-refractivity contribution is 5.99. The fourth-order valence-electron chi connectivity index (χ4n) is 2.31. The summed E-state index contributed by atoms with van der Waals surface area (Å²) in [6, 6.07) is 4.10. The minimum atomic E-state index is -0.691. The number of morpholine rings is 1. The molecule has 1 fully saturated rings. The molecule has 1 aliphatic rings. The van der Waals surface area contributed by atoms with Gasteiger partial charge in [0.25, 0.3) is 11.6 Å². The predicted molar refractivity (Wildman–Crippen MR) is 77.5 cm³/mol. The van der Waals surface area contributed by atoms with Crippen LogP contribution in [0, 0.1) is 10.1 Å². The maximum absolute atomic E-state index is 11.5. The van der Waals surface area contributed by atoms with E-state index >= 15 is 0 Å². The summed E-state index contributed by atoms with van der Waals surface area (Å²) in [4.78, 5) is 23.6. The molecule has 1 atom stereocenters. The van der Waals surface area contributed by atoms with Gasteiger partial charge in [-0.15, -0.1) is 0 Å². The minimum Gasteiger partial charge on any atom is -0.374 e. The molecule has 1 aromatic carbocycles. The van der Waals surface area contributed by atoms with Crippen molar-refractivity contribution in [3.05, 3.63) is 33.9 Å². The number of carbonyl (C=O) groups excluding carboxylic acids is 1. The van der Waals surface area contributed by atoms with Crippen LogP contribution in [0.5, 0.6) is 0 Å². The Morgan fingerprint density at radius 2 is 2.38 bits per heavy atom. The molecule has 1 amide bonds. The topological polar surface area (TPSA) is 111 Å². The van der Waals surface area contributed by atoms with E-state index in [1.54, 1.807) is 7.05 Å². The van der Waals surface area contributed by atoms with Gasteiger partial charge in [0.2, 0.25) is 0 Å². The molecule has 1 saturated heterocycles. The molecule has 0 aliphatic carbocycles. The van der Waals surface area contributed by atoms with Crippen LogP contribution in [0.25, 0.3) is 0 Å². The lowest BCUT2D eigenvalue weighted by molar-refractivity contribution is -0.384. The van der Waals surface area contributed by atoms with Crippen LogP contribution in [0.15, 0.2) is 18.2 Å². The van der Waals surface area contributed by atoms with Gasteiger partial charge in [-0.25, -0.2) is 0 Å². The Bertz CT molecular complexity index is 543. The number of primary amides is 1. The quantitative estimate of drug-likeness (QED) is 0.589. The molecule has 1 aliphatic heterocycles. The van der Waals surface area contributed by atoms with Crippen molar-refractivity contribution in [2.75, 3.05) is 38.2 Å². The van der Waals surface area contributed by atoms with Gasteiger partial charge in [-0.2, -0.15) is 0 Å². The van der Waals surface area contributed by atoms with Gasteiger partial charge >= 0.3 is 0 Å². The van der Waals surface area contributed by atoms with Crippen molar-refractivity contribution in [1.82, 2.24) is 5.32 Å². The second-order valence-corrected chi connectivity index (χ2v) is 4.90. The molecule has 0 bridgehead atoms. The maximum Gasteiger partial charge on any atom is 0.270 e. The van der Waals surface area contributed by atoms with Gasteiger partial charge < -0.3 is 20.7 Å². The van der Waals surface area contributed by atoms with E-state index in [4.69, 9.17) is 10.5 Å². The van der Waals surface area contributed by atoms with E-state index in [2.05, 4.69) is 5.32 Å². The number of benzene rings is 1. The first-order valence-electron chi connectivity index (χ1n) is 6.60. The third-order valence-corrected chi connectivity index (χ3v) is 3.35. The van der Waals surface area contributed by atoms with Gasteiger partial charge in [-0.1, -0.05) is 0 Å². The summed E-state index contributed by atoms with van der Waals surface area (Å²) in [5.41, 5.74) is 5.86. The van der Waals surface area contributed by atoms with E-state index in [1.165, 1.54) is 18.2 Å². The minimum absolute atomic E-state index is 0.000307. The van der Waals surface area contributed by atoms with E-state index in [0.717, 1.165) is 13.1 Å². The van der Waals surface area contributed by atoms with Crippen molar-refractivity contribution in [2.24, 2.45) is 5.73 Å². The van der Waals surface area contributed by atoms with E-state index in [1.807, 2.05) is 4.90 Å². The number of nitrogens with one attached hydrogen (secondary N) is 1. The van der Waals surface area contributed by atoms with Crippen LogP contribution in [-0.4, -0.2) is 50.2 Å². The molecule has 0 radical (unpaired) electrons.